The average molecular weight is 637 g/mol. The standard InChI is InChI=1S/C32H29ClN2O8S/c33-27-28(42-19-26(36)37)30(31(38)39)44-29(27)21-6-4-10-24(16-21)41-18-20-12-14-35(15-13-20)32(40)34-22-7-5-11-25(17-22)43-23-8-2-1-3-9-23/h1-11,16-17,20H,12-15,18-19H2,(H,34,40)(H,36,37)(H,38,39). The van der Waals surface area contributed by atoms with Crippen LogP contribution in [0.15, 0.2) is 78.9 Å². The highest BCUT2D eigenvalue weighted by atomic mass is 35.5. The summed E-state index contributed by atoms with van der Waals surface area (Å²) in [5.41, 5.74) is 1.27. The number of ether oxygens (including phenoxy) is 3. The van der Waals surface area contributed by atoms with E-state index in [9.17, 15) is 19.5 Å². The van der Waals surface area contributed by atoms with Crippen molar-refractivity contribution in [1.29, 1.82) is 0 Å². The van der Waals surface area contributed by atoms with E-state index in [1.54, 1.807) is 35.2 Å². The number of carboxylic acid groups (broad SMARTS) is 2. The number of aromatic carboxylic acids is 1. The van der Waals surface area contributed by atoms with Gasteiger partial charge in [0.15, 0.2) is 17.2 Å². The van der Waals surface area contributed by atoms with Crippen LogP contribution in [-0.2, 0) is 4.79 Å². The quantitative estimate of drug-likeness (QED) is 0.156. The lowest BCUT2D eigenvalue weighted by molar-refractivity contribution is -0.139. The van der Waals surface area contributed by atoms with Crippen LogP contribution < -0.4 is 19.5 Å². The number of piperidine rings is 1. The summed E-state index contributed by atoms with van der Waals surface area (Å²) < 4.78 is 17.1. The van der Waals surface area contributed by atoms with E-state index in [2.05, 4.69) is 5.32 Å². The number of nitrogens with zero attached hydrogens (tertiary/aromatic N) is 1. The van der Waals surface area contributed by atoms with Crippen molar-refractivity contribution < 1.29 is 38.8 Å². The molecule has 0 radical (unpaired) electrons. The van der Waals surface area contributed by atoms with Crippen LogP contribution in [0.2, 0.25) is 5.02 Å². The highest BCUT2D eigenvalue weighted by Crippen LogP contribution is 2.46. The number of para-hydroxylation sites is 1. The van der Waals surface area contributed by atoms with Gasteiger partial charge in [-0.2, -0.15) is 0 Å². The van der Waals surface area contributed by atoms with E-state index in [1.165, 1.54) is 0 Å². The Balaban J connectivity index is 1.13. The maximum absolute atomic E-state index is 12.9. The number of amides is 2. The van der Waals surface area contributed by atoms with Gasteiger partial charge in [-0.3, -0.25) is 0 Å². The number of aliphatic carboxylic acids is 1. The molecule has 5 rings (SSSR count). The summed E-state index contributed by atoms with van der Waals surface area (Å²) in [4.78, 5) is 37.6. The molecule has 2 amide bonds. The maximum atomic E-state index is 12.9. The lowest BCUT2D eigenvalue weighted by atomic mass is 9.98. The van der Waals surface area contributed by atoms with E-state index in [1.807, 2.05) is 48.5 Å². The predicted molar refractivity (Wildman–Crippen MR) is 167 cm³/mol. The van der Waals surface area contributed by atoms with Crippen LogP contribution in [0.4, 0.5) is 10.5 Å². The average Bonchev–Trinajstić information content (AvgIpc) is 3.36. The van der Waals surface area contributed by atoms with Crippen molar-refractivity contribution in [2.45, 2.75) is 12.8 Å². The van der Waals surface area contributed by atoms with Crippen LogP contribution in [0.25, 0.3) is 10.4 Å². The number of halogens is 1. The largest absolute Gasteiger partial charge is 0.493 e. The van der Waals surface area contributed by atoms with Crippen LogP contribution >= 0.6 is 22.9 Å². The number of hydrogen-bond donors (Lipinski definition) is 3. The topological polar surface area (TPSA) is 135 Å². The fourth-order valence-electron chi connectivity index (χ4n) is 4.69. The van der Waals surface area contributed by atoms with Gasteiger partial charge in [0.2, 0.25) is 0 Å². The minimum Gasteiger partial charge on any atom is -0.493 e. The Morgan fingerprint density at radius 1 is 0.886 bits per heavy atom. The number of carboxylic acids is 2. The van der Waals surface area contributed by atoms with Gasteiger partial charge in [0.25, 0.3) is 0 Å². The molecular formula is C32H29ClN2O8S. The highest BCUT2D eigenvalue weighted by molar-refractivity contribution is 7.18. The molecule has 3 N–H and O–H groups in total. The minimum absolute atomic E-state index is 0.0342. The number of nitrogens with one attached hydrogen (secondary N) is 1. The zero-order valence-electron chi connectivity index (χ0n) is 23.4. The summed E-state index contributed by atoms with van der Waals surface area (Å²) in [6.07, 6.45) is 1.54. The van der Waals surface area contributed by atoms with Gasteiger partial charge < -0.3 is 34.6 Å². The molecule has 0 unspecified atom stereocenters. The Labute approximate surface area is 262 Å². The van der Waals surface area contributed by atoms with E-state index in [4.69, 9.17) is 30.9 Å². The molecule has 0 atom stereocenters. The second-order valence-corrected chi connectivity index (χ2v) is 11.4. The number of urea groups is 1. The van der Waals surface area contributed by atoms with Crippen molar-refractivity contribution in [3.63, 3.8) is 0 Å². The Morgan fingerprint density at radius 2 is 1.59 bits per heavy atom. The number of likely N-dealkylation sites (tertiary alicyclic amines) is 1. The van der Waals surface area contributed by atoms with Crippen LogP contribution in [-0.4, -0.2) is 59.4 Å². The van der Waals surface area contributed by atoms with Gasteiger partial charge in [0.1, 0.15) is 22.3 Å². The monoisotopic (exact) mass is 636 g/mol. The molecule has 0 bridgehead atoms. The van der Waals surface area contributed by atoms with E-state index in [-0.39, 0.29) is 27.6 Å². The van der Waals surface area contributed by atoms with Crippen molar-refractivity contribution in [1.82, 2.24) is 4.90 Å². The molecule has 12 heteroatoms. The van der Waals surface area contributed by atoms with Crippen molar-refractivity contribution in [3.8, 4) is 33.4 Å². The van der Waals surface area contributed by atoms with Crippen LogP contribution in [0.1, 0.15) is 22.5 Å². The van der Waals surface area contributed by atoms with Gasteiger partial charge in [-0.15, -0.1) is 11.3 Å². The Hall–Kier alpha value is -4.74. The summed E-state index contributed by atoms with van der Waals surface area (Å²) in [7, 11) is 0. The van der Waals surface area contributed by atoms with Crippen LogP contribution in [0.5, 0.6) is 23.0 Å². The number of benzene rings is 3. The second-order valence-electron chi connectivity index (χ2n) is 10.0. The van der Waals surface area contributed by atoms with Gasteiger partial charge >= 0.3 is 18.0 Å². The lowest BCUT2D eigenvalue weighted by Crippen LogP contribution is -2.42. The number of rotatable bonds is 11. The number of hydrogen-bond acceptors (Lipinski definition) is 7. The van der Waals surface area contributed by atoms with Gasteiger partial charge in [-0.05, 0) is 60.7 Å². The van der Waals surface area contributed by atoms with Gasteiger partial charge in [0, 0.05) is 24.8 Å². The number of carbonyl (C=O) groups is 3. The molecule has 2 heterocycles. The SMILES string of the molecule is O=C(O)COc1c(C(=O)O)sc(-c2cccc(OCC3CCN(C(=O)Nc4cccc(Oc5ccccc5)c4)CC3)c2)c1Cl. The number of anilines is 1. The molecule has 1 saturated heterocycles. The van der Waals surface area contributed by atoms with Crippen LogP contribution in [0, 0.1) is 5.92 Å². The summed E-state index contributed by atoms with van der Waals surface area (Å²) >= 11 is 7.32. The molecule has 0 spiro atoms. The molecule has 4 aromatic rings. The second kappa shape index (κ2) is 14.2. The van der Waals surface area contributed by atoms with Crippen molar-refractivity contribution in [2.75, 3.05) is 31.6 Å². The molecule has 1 aromatic heterocycles. The van der Waals surface area contributed by atoms with E-state index in [0.29, 0.717) is 53.1 Å². The fourth-order valence-corrected chi connectivity index (χ4v) is 6.10. The first kappa shape index (κ1) is 30.7. The zero-order valence-corrected chi connectivity index (χ0v) is 25.0. The first-order valence-corrected chi connectivity index (χ1v) is 15.0. The summed E-state index contributed by atoms with van der Waals surface area (Å²) in [5, 5.41) is 21.5. The number of thiophene rings is 1. The maximum Gasteiger partial charge on any atom is 0.349 e. The van der Waals surface area contributed by atoms with E-state index < -0.39 is 18.5 Å². The van der Waals surface area contributed by atoms with Gasteiger partial charge in [-0.25, -0.2) is 14.4 Å². The Kier molecular flexibility index (Phi) is 9.88. The molecule has 1 fully saturated rings. The van der Waals surface area contributed by atoms with Crippen molar-refractivity contribution in [3.05, 3.63) is 88.8 Å². The van der Waals surface area contributed by atoms with E-state index >= 15 is 0 Å². The van der Waals surface area contributed by atoms with Gasteiger partial charge in [-0.1, -0.05) is 48.0 Å². The molecule has 10 nitrogen and oxygen atoms in total. The van der Waals surface area contributed by atoms with Crippen LogP contribution in [0.3, 0.4) is 0 Å². The Bertz CT molecular complexity index is 1640. The summed E-state index contributed by atoms with van der Waals surface area (Å²) in [5.74, 6) is -0.513. The Morgan fingerprint density at radius 3 is 2.32 bits per heavy atom. The normalized spacial score (nSPS) is 13.2. The fraction of sp³-hybridized carbons (Fsp3) is 0.219. The lowest BCUT2D eigenvalue weighted by Gasteiger charge is -2.32. The van der Waals surface area contributed by atoms with Crippen molar-refractivity contribution >= 4 is 46.6 Å². The first-order chi connectivity index (χ1) is 21.3. The van der Waals surface area contributed by atoms with E-state index in [0.717, 1.165) is 24.2 Å². The molecule has 3 aromatic carbocycles. The summed E-state index contributed by atoms with van der Waals surface area (Å²) in [6.45, 7) is 0.907. The zero-order chi connectivity index (χ0) is 31.1. The third kappa shape index (κ3) is 7.80. The van der Waals surface area contributed by atoms with Gasteiger partial charge in [0.05, 0.1) is 11.5 Å². The first-order valence-electron chi connectivity index (χ1n) is 13.8. The summed E-state index contributed by atoms with van der Waals surface area (Å²) in [6, 6.07) is 23.6. The molecule has 228 valence electrons. The number of carbonyl (C=O) groups excluding carboxylic acids is 1. The molecule has 1 aliphatic rings. The third-order valence-corrected chi connectivity index (χ3v) is 8.57. The molecule has 1 aliphatic heterocycles. The third-order valence-electron chi connectivity index (χ3n) is 6.89. The minimum atomic E-state index is -1.26. The molecule has 0 saturated carbocycles. The smallest absolute Gasteiger partial charge is 0.349 e. The molecule has 44 heavy (non-hydrogen) atoms. The molecular weight excluding hydrogens is 608 g/mol. The van der Waals surface area contributed by atoms with Crippen molar-refractivity contribution in [2.24, 2.45) is 5.92 Å². The highest BCUT2D eigenvalue weighted by Gasteiger charge is 2.26. The predicted octanol–water partition coefficient (Wildman–Crippen LogP) is 7.35. The molecule has 0 aliphatic carbocycles.